The Bertz CT molecular complexity index is 1850. The summed E-state index contributed by atoms with van der Waals surface area (Å²) in [5.41, 5.74) is 2.29. The van der Waals surface area contributed by atoms with E-state index in [1.165, 1.54) is 7.14 Å². The van der Waals surface area contributed by atoms with Crippen molar-refractivity contribution < 1.29 is 40.2 Å². The average Bonchev–Trinajstić information content (AvgIpc) is 3.05. The number of hydrogen-bond donors (Lipinski definition) is 0. The third-order valence-electron chi connectivity index (χ3n) is 6.82. The molecule has 0 aliphatic heterocycles. The van der Waals surface area contributed by atoms with Gasteiger partial charge in [-0.25, -0.2) is 0 Å². The summed E-state index contributed by atoms with van der Waals surface area (Å²) in [7, 11) is 0. The largest absolute Gasteiger partial charge is 0.453 e. The first kappa shape index (κ1) is 35.0. The zero-order chi connectivity index (χ0) is 32.9. The van der Waals surface area contributed by atoms with Crippen LogP contribution in [0.25, 0.3) is 0 Å². The Morgan fingerprint density at radius 1 is 0.362 bits per heavy atom. The smallest absolute Gasteiger partial charge is 0.358 e. The molecule has 0 N–H and O–H groups in total. The van der Waals surface area contributed by atoms with Gasteiger partial charge in [0.2, 0.25) is 7.14 Å². The van der Waals surface area contributed by atoms with Crippen molar-refractivity contribution in [3.8, 4) is 46.0 Å². The number of halogens is 5. The number of ether oxygens (including phenoxy) is 4. The maximum absolute atomic E-state index is 6.47. The maximum Gasteiger partial charge on any atom is 0.358 e. The van der Waals surface area contributed by atoms with Gasteiger partial charge in [-0.2, -0.15) is 0 Å². The van der Waals surface area contributed by atoms with Crippen molar-refractivity contribution in [2.75, 3.05) is 0 Å². The molecule has 0 unspecified atom stereocenters. The van der Waals surface area contributed by atoms with Crippen molar-refractivity contribution in [3.05, 3.63) is 154 Å². The van der Waals surface area contributed by atoms with Crippen LogP contribution in [0.15, 0.2) is 121 Å². The second-order valence-electron chi connectivity index (χ2n) is 10.4. The molecule has 6 rings (SSSR count). The third kappa shape index (κ3) is 9.66. The first-order chi connectivity index (χ1) is 22.7. The molecule has 0 aliphatic rings. The lowest BCUT2D eigenvalue weighted by Gasteiger charge is -2.14. The number of aryl methyl sites for hydroxylation is 2. The fraction of sp³-hybridized carbons (Fsp3) is 0.0526. The van der Waals surface area contributed by atoms with Crippen molar-refractivity contribution >= 4 is 90.4 Å². The molecular formula is C38H26I5O4+. The molecule has 6 aromatic rings. The van der Waals surface area contributed by atoms with Crippen LogP contribution >= 0.6 is 90.4 Å². The van der Waals surface area contributed by atoms with Gasteiger partial charge in [0, 0.05) is 37.5 Å². The molecule has 47 heavy (non-hydrogen) atoms. The topological polar surface area (TPSA) is 36.9 Å². The lowest BCUT2D eigenvalue weighted by molar-refractivity contribution is -0.598. The molecule has 0 saturated heterocycles. The van der Waals surface area contributed by atoms with Gasteiger partial charge in [0.05, 0.1) is 0 Å². The van der Waals surface area contributed by atoms with Crippen LogP contribution in [0.5, 0.6) is 46.0 Å². The minimum Gasteiger partial charge on any atom is -0.453 e. The molecule has 0 saturated carbocycles. The monoisotopic (exact) mass is 1180 g/mol. The van der Waals surface area contributed by atoms with E-state index in [2.05, 4.69) is 128 Å². The minimum absolute atomic E-state index is 0.642. The van der Waals surface area contributed by atoms with E-state index in [0.29, 0.717) is 23.0 Å². The van der Waals surface area contributed by atoms with Gasteiger partial charge >= 0.3 is 21.2 Å². The Labute approximate surface area is 339 Å². The summed E-state index contributed by atoms with van der Waals surface area (Å²) in [6.07, 6.45) is 0. The van der Waals surface area contributed by atoms with E-state index in [0.717, 1.165) is 48.4 Å². The second kappa shape index (κ2) is 16.3. The van der Waals surface area contributed by atoms with Crippen molar-refractivity contribution in [1.82, 2.24) is 0 Å². The van der Waals surface area contributed by atoms with Crippen LogP contribution < -0.4 is 40.2 Å². The van der Waals surface area contributed by atoms with Gasteiger partial charge in [-0.05, 0) is 213 Å². The average molecular weight is 1180 g/mol. The third-order valence-corrected chi connectivity index (χ3v) is 13.2. The summed E-state index contributed by atoms with van der Waals surface area (Å²) in [5.74, 6) is 5.74. The molecule has 0 bridgehead atoms. The first-order valence-corrected chi connectivity index (χ1v) is 20.8. The number of benzene rings is 6. The van der Waals surface area contributed by atoms with Gasteiger partial charge in [-0.1, -0.05) is 0 Å². The van der Waals surface area contributed by atoms with Crippen molar-refractivity contribution in [3.63, 3.8) is 0 Å². The summed E-state index contributed by atoms with van der Waals surface area (Å²) in [6, 6.07) is 40.6. The Balaban J connectivity index is 1.37. The fourth-order valence-electron chi connectivity index (χ4n) is 4.42. The molecule has 0 heterocycles. The highest BCUT2D eigenvalue weighted by molar-refractivity contribution is 14.1. The summed E-state index contributed by atoms with van der Waals surface area (Å²) in [6.45, 7) is 4.27. The van der Waals surface area contributed by atoms with Crippen LogP contribution in [0, 0.1) is 35.3 Å². The molecule has 0 atom stereocenters. The van der Waals surface area contributed by atoms with Crippen LogP contribution in [0.2, 0.25) is 0 Å². The molecule has 0 fully saturated rings. The fourth-order valence-corrected chi connectivity index (χ4v) is 8.53. The normalized spacial score (nSPS) is 10.9. The molecule has 0 spiro atoms. The Hall–Kier alpha value is -1.83. The molecule has 0 amide bonds. The molecule has 0 radical (unpaired) electrons. The zero-order valence-electron chi connectivity index (χ0n) is 25.1. The van der Waals surface area contributed by atoms with E-state index < -0.39 is 21.2 Å². The lowest BCUT2D eigenvalue weighted by Crippen LogP contribution is -3.62. The van der Waals surface area contributed by atoms with E-state index in [9.17, 15) is 0 Å². The quantitative estimate of drug-likeness (QED) is 0.128. The highest BCUT2D eigenvalue weighted by Crippen LogP contribution is 2.38. The van der Waals surface area contributed by atoms with Crippen molar-refractivity contribution in [2.45, 2.75) is 13.8 Å². The van der Waals surface area contributed by atoms with Gasteiger partial charge in [0.1, 0.15) is 23.0 Å². The van der Waals surface area contributed by atoms with E-state index in [4.69, 9.17) is 18.9 Å². The van der Waals surface area contributed by atoms with E-state index >= 15 is 0 Å². The highest BCUT2D eigenvalue weighted by Gasteiger charge is 2.27. The summed E-state index contributed by atoms with van der Waals surface area (Å²) in [5, 5.41) is 0. The van der Waals surface area contributed by atoms with Gasteiger partial charge in [0.25, 0.3) is 0 Å². The maximum atomic E-state index is 6.47. The van der Waals surface area contributed by atoms with E-state index in [1.807, 2.05) is 97.1 Å². The Kier molecular flexibility index (Phi) is 12.1. The van der Waals surface area contributed by atoms with E-state index in [-0.39, 0.29) is 0 Å². The van der Waals surface area contributed by atoms with Crippen molar-refractivity contribution in [1.29, 1.82) is 0 Å². The summed E-state index contributed by atoms with van der Waals surface area (Å²) < 4.78 is 32.8. The SMILES string of the molecule is Cc1cc(Oc2ccc(I)cc2)c(Oc2ccc(I)cc2)cc1[I+]c1cc(Oc2ccc(I)cc2)c(Oc2ccc(I)cc2)cc1C. The molecule has 236 valence electrons. The zero-order valence-corrected chi connectivity index (χ0v) is 35.9. The molecular weight excluding hydrogens is 1150 g/mol. The van der Waals surface area contributed by atoms with Gasteiger partial charge < -0.3 is 18.9 Å². The van der Waals surface area contributed by atoms with Gasteiger partial charge in [-0.15, -0.1) is 0 Å². The predicted molar refractivity (Wildman–Crippen MR) is 217 cm³/mol. The Morgan fingerprint density at radius 3 is 0.851 bits per heavy atom. The molecule has 9 heteroatoms. The molecule has 0 aliphatic carbocycles. The molecule has 4 nitrogen and oxygen atoms in total. The minimum atomic E-state index is -0.642. The van der Waals surface area contributed by atoms with Crippen LogP contribution in [0.4, 0.5) is 0 Å². The van der Waals surface area contributed by atoms with Gasteiger partial charge in [-0.3, -0.25) is 0 Å². The first-order valence-electron chi connectivity index (χ1n) is 14.4. The predicted octanol–water partition coefficient (Wildman–Crippen LogP) is 10.0. The van der Waals surface area contributed by atoms with Crippen LogP contribution in [-0.4, -0.2) is 0 Å². The van der Waals surface area contributed by atoms with Crippen LogP contribution in [-0.2, 0) is 0 Å². The van der Waals surface area contributed by atoms with Crippen LogP contribution in [0.3, 0.4) is 0 Å². The highest BCUT2D eigenvalue weighted by atomic mass is 127. The lowest BCUT2D eigenvalue weighted by atomic mass is 10.2. The molecule has 0 aromatic heterocycles. The van der Waals surface area contributed by atoms with E-state index in [1.54, 1.807) is 0 Å². The number of rotatable bonds is 10. The summed E-state index contributed by atoms with van der Waals surface area (Å²) >= 11 is 8.55. The van der Waals surface area contributed by atoms with Crippen molar-refractivity contribution in [2.24, 2.45) is 0 Å². The standard InChI is InChI=1S/C38H26I5O4/c1-23-19-35(44-29-11-3-25(39)4-12-29)37(46-31-15-7-27(41)8-16-31)21-33(23)43-34-22-38(47-32-17-9-28(42)10-18-32)36(20-24(34)2)45-30-13-5-26(40)6-14-30/h3-22H,1-2H3/q+1. The molecule has 6 aromatic carbocycles. The van der Waals surface area contributed by atoms with Crippen LogP contribution in [0.1, 0.15) is 11.1 Å². The van der Waals surface area contributed by atoms with Gasteiger partial charge in [0.15, 0.2) is 23.0 Å². The second-order valence-corrected chi connectivity index (χ2v) is 18.3. The summed E-state index contributed by atoms with van der Waals surface area (Å²) in [4.78, 5) is 0. The Morgan fingerprint density at radius 2 is 0.596 bits per heavy atom. The number of hydrogen-bond acceptors (Lipinski definition) is 4.